The molecule has 2 heterocycles. The van der Waals surface area contributed by atoms with E-state index in [1.165, 1.54) is 6.07 Å². The highest BCUT2D eigenvalue weighted by Gasteiger charge is 2.25. The summed E-state index contributed by atoms with van der Waals surface area (Å²) < 4.78 is 27.9. The van der Waals surface area contributed by atoms with E-state index in [-0.39, 0.29) is 6.04 Å². The Balaban J connectivity index is 2.03. The van der Waals surface area contributed by atoms with Gasteiger partial charge in [-0.05, 0) is 30.5 Å². The van der Waals surface area contributed by atoms with Crippen LogP contribution in [0.25, 0.3) is 11.4 Å². The van der Waals surface area contributed by atoms with Gasteiger partial charge in [-0.15, -0.1) is 0 Å². The second-order valence-corrected chi connectivity index (χ2v) is 5.05. The van der Waals surface area contributed by atoms with Gasteiger partial charge < -0.3 is 5.73 Å². The van der Waals surface area contributed by atoms with E-state index in [0.29, 0.717) is 23.1 Å². The Labute approximate surface area is 109 Å². The van der Waals surface area contributed by atoms with E-state index in [1.54, 1.807) is 4.68 Å². The standard InChI is InChI=1S/C13H14F2N4/c1-7-4-11(16)13-17-12(18-19(13)6-7)8-2-3-9(14)10(15)5-8/h2-3,5,7,11H,4,6,16H2,1H3. The number of benzene rings is 1. The number of aromatic nitrogens is 3. The van der Waals surface area contributed by atoms with Crippen LogP contribution in [0.1, 0.15) is 25.2 Å². The Morgan fingerprint density at radius 2 is 2.11 bits per heavy atom. The summed E-state index contributed by atoms with van der Waals surface area (Å²) in [6, 6.07) is 3.49. The maximum absolute atomic E-state index is 13.2. The molecule has 0 amide bonds. The summed E-state index contributed by atoms with van der Waals surface area (Å²) in [6.07, 6.45) is 0.857. The normalized spacial score (nSPS) is 22.3. The van der Waals surface area contributed by atoms with Gasteiger partial charge in [0.25, 0.3) is 0 Å². The van der Waals surface area contributed by atoms with E-state index in [0.717, 1.165) is 25.1 Å². The van der Waals surface area contributed by atoms with Crippen molar-refractivity contribution in [2.24, 2.45) is 11.7 Å². The van der Waals surface area contributed by atoms with Gasteiger partial charge in [-0.25, -0.2) is 18.4 Å². The van der Waals surface area contributed by atoms with Gasteiger partial charge in [0.1, 0.15) is 5.82 Å². The van der Waals surface area contributed by atoms with E-state index in [4.69, 9.17) is 5.73 Å². The van der Waals surface area contributed by atoms with Crippen molar-refractivity contribution >= 4 is 0 Å². The van der Waals surface area contributed by atoms with Crippen LogP contribution in [0.15, 0.2) is 18.2 Å². The van der Waals surface area contributed by atoms with E-state index < -0.39 is 11.6 Å². The number of halogens is 2. The van der Waals surface area contributed by atoms with Gasteiger partial charge in [0.05, 0.1) is 6.04 Å². The van der Waals surface area contributed by atoms with Crippen molar-refractivity contribution < 1.29 is 8.78 Å². The zero-order chi connectivity index (χ0) is 13.6. The molecule has 0 spiro atoms. The van der Waals surface area contributed by atoms with Crippen molar-refractivity contribution in [2.75, 3.05) is 0 Å². The molecule has 4 nitrogen and oxygen atoms in total. The van der Waals surface area contributed by atoms with Gasteiger partial charge in [-0.1, -0.05) is 6.92 Å². The summed E-state index contributed by atoms with van der Waals surface area (Å²) >= 11 is 0. The number of nitrogens with zero attached hydrogens (tertiary/aromatic N) is 3. The highest BCUT2D eigenvalue weighted by atomic mass is 19.2. The van der Waals surface area contributed by atoms with Crippen molar-refractivity contribution in [3.63, 3.8) is 0 Å². The maximum Gasteiger partial charge on any atom is 0.181 e. The average Bonchev–Trinajstić information content (AvgIpc) is 2.76. The highest BCUT2D eigenvalue weighted by molar-refractivity contribution is 5.54. The summed E-state index contributed by atoms with van der Waals surface area (Å²) in [5.74, 6) is -0.251. The zero-order valence-electron chi connectivity index (χ0n) is 10.5. The van der Waals surface area contributed by atoms with Crippen molar-refractivity contribution in [1.82, 2.24) is 14.8 Å². The molecule has 19 heavy (non-hydrogen) atoms. The van der Waals surface area contributed by atoms with Gasteiger partial charge in [0.15, 0.2) is 17.5 Å². The van der Waals surface area contributed by atoms with E-state index in [9.17, 15) is 8.78 Å². The third-order valence-electron chi connectivity index (χ3n) is 3.35. The molecule has 0 aliphatic carbocycles. The molecule has 100 valence electrons. The van der Waals surface area contributed by atoms with Crippen LogP contribution in [-0.4, -0.2) is 14.8 Å². The first kappa shape index (κ1) is 12.2. The number of nitrogens with two attached hydrogens (primary N) is 1. The number of hydrogen-bond donors (Lipinski definition) is 1. The fraction of sp³-hybridized carbons (Fsp3) is 0.385. The van der Waals surface area contributed by atoms with Gasteiger partial charge in [0, 0.05) is 12.1 Å². The van der Waals surface area contributed by atoms with Crippen molar-refractivity contribution in [2.45, 2.75) is 25.9 Å². The lowest BCUT2D eigenvalue weighted by Crippen LogP contribution is -2.27. The van der Waals surface area contributed by atoms with Crippen LogP contribution < -0.4 is 5.73 Å². The van der Waals surface area contributed by atoms with Crippen LogP contribution in [-0.2, 0) is 6.54 Å². The fourth-order valence-corrected chi connectivity index (χ4v) is 2.43. The maximum atomic E-state index is 13.2. The molecule has 2 unspecified atom stereocenters. The molecule has 0 bridgehead atoms. The van der Waals surface area contributed by atoms with Gasteiger partial charge >= 0.3 is 0 Å². The zero-order valence-corrected chi connectivity index (χ0v) is 10.5. The molecule has 1 aromatic carbocycles. The molecule has 0 radical (unpaired) electrons. The minimum atomic E-state index is -0.900. The summed E-state index contributed by atoms with van der Waals surface area (Å²) in [5, 5.41) is 4.33. The van der Waals surface area contributed by atoms with Crippen molar-refractivity contribution in [3.05, 3.63) is 35.7 Å². The van der Waals surface area contributed by atoms with Crippen molar-refractivity contribution in [3.8, 4) is 11.4 Å². The SMILES string of the molecule is CC1CC(N)c2nc(-c3ccc(F)c(F)c3)nn2C1. The van der Waals surface area contributed by atoms with Gasteiger partial charge in [-0.3, -0.25) is 0 Å². The fourth-order valence-electron chi connectivity index (χ4n) is 2.43. The molecule has 0 saturated heterocycles. The van der Waals surface area contributed by atoms with Crippen LogP contribution >= 0.6 is 0 Å². The largest absolute Gasteiger partial charge is 0.321 e. The summed E-state index contributed by atoms with van der Waals surface area (Å²) in [6.45, 7) is 2.85. The lowest BCUT2D eigenvalue weighted by molar-refractivity contribution is 0.325. The molecule has 1 aliphatic rings. The molecule has 6 heteroatoms. The number of rotatable bonds is 1. The third-order valence-corrected chi connectivity index (χ3v) is 3.35. The molecule has 3 rings (SSSR count). The van der Waals surface area contributed by atoms with E-state index in [2.05, 4.69) is 17.0 Å². The van der Waals surface area contributed by atoms with Crippen LogP contribution in [0, 0.1) is 17.6 Å². The van der Waals surface area contributed by atoms with Crippen LogP contribution in [0.2, 0.25) is 0 Å². The highest BCUT2D eigenvalue weighted by Crippen LogP contribution is 2.27. The Morgan fingerprint density at radius 3 is 2.84 bits per heavy atom. The predicted octanol–water partition coefficient (Wildman–Crippen LogP) is 2.26. The van der Waals surface area contributed by atoms with Gasteiger partial charge in [-0.2, -0.15) is 5.10 Å². The number of hydrogen-bond acceptors (Lipinski definition) is 3. The monoisotopic (exact) mass is 264 g/mol. The molecular weight excluding hydrogens is 250 g/mol. The van der Waals surface area contributed by atoms with Gasteiger partial charge in [0.2, 0.25) is 0 Å². The molecule has 1 aromatic heterocycles. The lowest BCUT2D eigenvalue weighted by Gasteiger charge is -2.23. The molecule has 2 aromatic rings. The van der Waals surface area contributed by atoms with Crippen LogP contribution in [0.5, 0.6) is 0 Å². The molecule has 1 aliphatic heterocycles. The Morgan fingerprint density at radius 1 is 1.32 bits per heavy atom. The molecule has 0 fully saturated rings. The molecule has 2 atom stereocenters. The minimum Gasteiger partial charge on any atom is -0.321 e. The van der Waals surface area contributed by atoms with Crippen LogP contribution in [0.4, 0.5) is 8.78 Å². The number of fused-ring (bicyclic) bond motifs is 1. The first-order chi connectivity index (χ1) is 9.04. The lowest BCUT2D eigenvalue weighted by atomic mass is 9.98. The summed E-state index contributed by atoms with van der Waals surface area (Å²) in [7, 11) is 0. The third kappa shape index (κ3) is 2.12. The second-order valence-electron chi connectivity index (χ2n) is 5.05. The first-order valence-corrected chi connectivity index (χ1v) is 6.20. The average molecular weight is 264 g/mol. The first-order valence-electron chi connectivity index (χ1n) is 6.20. The minimum absolute atomic E-state index is 0.157. The molecule has 2 N–H and O–H groups in total. The van der Waals surface area contributed by atoms with E-state index in [1.807, 2.05) is 0 Å². The Bertz CT molecular complexity index is 623. The van der Waals surface area contributed by atoms with E-state index >= 15 is 0 Å². The predicted molar refractivity (Wildman–Crippen MR) is 66.1 cm³/mol. The smallest absolute Gasteiger partial charge is 0.181 e. The Hall–Kier alpha value is -1.82. The summed E-state index contributed by atoms with van der Waals surface area (Å²) in [4.78, 5) is 4.34. The Kier molecular flexibility index (Phi) is 2.82. The van der Waals surface area contributed by atoms with Crippen molar-refractivity contribution in [1.29, 1.82) is 0 Å². The molecule has 0 saturated carbocycles. The second kappa shape index (κ2) is 4.38. The molecular formula is C13H14F2N4. The van der Waals surface area contributed by atoms with Crippen LogP contribution in [0.3, 0.4) is 0 Å². The quantitative estimate of drug-likeness (QED) is 0.859. The topological polar surface area (TPSA) is 56.7 Å². The summed E-state index contributed by atoms with van der Waals surface area (Å²) in [5.41, 5.74) is 6.48.